The van der Waals surface area contributed by atoms with E-state index in [2.05, 4.69) is 5.32 Å². The minimum absolute atomic E-state index is 0.109. The maximum absolute atomic E-state index is 12.3. The van der Waals surface area contributed by atoms with Crippen molar-refractivity contribution in [3.63, 3.8) is 0 Å². The number of ether oxygens (including phenoxy) is 2. The van der Waals surface area contributed by atoms with Gasteiger partial charge < -0.3 is 14.8 Å². The van der Waals surface area contributed by atoms with Crippen LogP contribution >= 0.6 is 0 Å². The second-order valence-corrected chi connectivity index (χ2v) is 8.94. The van der Waals surface area contributed by atoms with Gasteiger partial charge in [0.25, 0.3) is 0 Å². The Labute approximate surface area is 171 Å². The van der Waals surface area contributed by atoms with Crippen LogP contribution in [-0.2, 0) is 21.4 Å². The topological polar surface area (TPSA) is 84.9 Å². The third kappa shape index (κ3) is 5.87. The van der Waals surface area contributed by atoms with Gasteiger partial charge in [-0.1, -0.05) is 29.8 Å². The number of carbonyl (C=O) groups is 1. The van der Waals surface area contributed by atoms with E-state index in [1.165, 1.54) is 4.31 Å². The summed E-state index contributed by atoms with van der Waals surface area (Å²) in [6.07, 6.45) is 1.80. The summed E-state index contributed by atoms with van der Waals surface area (Å²) >= 11 is 0. The van der Waals surface area contributed by atoms with E-state index in [1.807, 2.05) is 31.2 Å². The standard InChI is InChI=1S/C21H26N2O5S/c1-16-5-3-6-17(13-16)15-22-21(24)7-4-10-23(29(2,25)26)18-8-9-19-20(14-18)28-12-11-27-19/h3,5-6,8-9,13-14H,4,7,10-12,15H2,1-2H3,(H,22,24). The SMILES string of the molecule is Cc1cccc(CNC(=O)CCCN(c2ccc3c(c2)OCCO3)S(C)(=O)=O)c1. The fraction of sp³-hybridized carbons (Fsp3) is 0.381. The number of amides is 1. The van der Waals surface area contributed by atoms with E-state index in [9.17, 15) is 13.2 Å². The van der Waals surface area contributed by atoms with Crippen LogP contribution in [0, 0.1) is 6.92 Å². The zero-order valence-electron chi connectivity index (χ0n) is 16.7. The van der Waals surface area contributed by atoms with E-state index in [0.29, 0.717) is 43.4 Å². The molecule has 0 bridgehead atoms. The summed E-state index contributed by atoms with van der Waals surface area (Å²) < 4.78 is 36.9. The molecule has 1 aliphatic heterocycles. The summed E-state index contributed by atoms with van der Waals surface area (Å²) in [6.45, 7) is 3.56. The fourth-order valence-electron chi connectivity index (χ4n) is 3.17. The molecule has 29 heavy (non-hydrogen) atoms. The number of benzene rings is 2. The highest BCUT2D eigenvalue weighted by Crippen LogP contribution is 2.34. The third-order valence-electron chi connectivity index (χ3n) is 4.55. The lowest BCUT2D eigenvalue weighted by Crippen LogP contribution is -2.32. The molecule has 2 aromatic carbocycles. The summed E-state index contributed by atoms with van der Waals surface area (Å²) in [5, 5.41) is 2.88. The number of sulfonamides is 1. The fourth-order valence-corrected chi connectivity index (χ4v) is 4.13. The van der Waals surface area contributed by atoms with Crippen LogP contribution in [0.2, 0.25) is 0 Å². The molecule has 0 spiro atoms. The monoisotopic (exact) mass is 418 g/mol. The summed E-state index contributed by atoms with van der Waals surface area (Å²) in [5.41, 5.74) is 2.67. The lowest BCUT2D eigenvalue weighted by Gasteiger charge is -2.25. The molecule has 0 atom stereocenters. The number of nitrogens with zero attached hydrogens (tertiary/aromatic N) is 1. The van der Waals surface area contributed by atoms with Crippen LogP contribution < -0.4 is 19.1 Å². The van der Waals surface area contributed by atoms with Crippen molar-refractivity contribution < 1.29 is 22.7 Å². The number of aryl methyl sites for hydroxylation is 1. The van der Waals surface area contributed by atoms with Crippen LogP contribution in [0.5, 0.6) is 11.5 Å². The Balaban J connectivity index is 1.56. The third-order valence-corrected chi connectivity index (χ3v) is 5.75. The molecular weight excluding hydrogens is 392 g/mol. The molecule has 7 nitrogen and oxygen atoms in total. The first-order valence-corrected chi connectivity index (χ1v) is 11.4. The van der Waals surface area contributed by atoms with Crippen LogP contribution in [0.4, 0.5) is 5.69 Å². The van der Waals surface area contributed by atoms with Crippen LogP contribution in [-0.4, -0.2) is 40.3 Å². The first-order chi connectivity index (χ1) is 13.8. The number of nitrogens with one attached hydrogen (secondary N) is 1. The minimum Gasteiger partial charge on any atom is -0.486 e. The van der Waals surface area contributed by atoms with E-state index in [1.54, 1.807) is 18.2 Å². The lowest BCUT2D eigenvalue weighted by atomic mass is 10.1. The number of carbonyl (C=O) groups excluding carboxylic acids is 1. The van der Waals surface area contributed by atoms with E-state index in [0.717, 1.165) is 17.4 Å². The van der Waals surface area contributed by atoms with Gasteiger partial charge in [-0.25, -0.2) is 8.42 Å². The summed E-state index contributed by atoms with van der Waals surface area (Å²) in [7, 11) is -3.50. The molecule has 0 saturated heterocycles. The van der Waals surface area contributed by atoms with Gasteiger partial charge >= 0.3 is 0 Å². The van der Waals surface area contributed by atoms with Gasteiger partial charge in [-0.05, 0) is 31.0 Å². The van der Waals surface area contributed by atoms with Crippen LogP contribution in [0.3, 0.4) is 0 Å². The second-order valence-electron chi connectivity index (χ2n) is 7.03. The average Bonchev–Trinajstić information content (AvgIpc) is 2.68. The van der Waals surface area contributed by atoms with E-state index < -0.39 is 10.0 Å². The zero-order valence-corrected chi connectivity index (χ0v) is 17.5. The van der Waals surface area contributed by atoms with Crippen molar-refractivity contribution in [1.82, 2.24) is 5.32 Å². The Morgan fingerprint density at radius 1 is 1.10 bits per heavy atom. The number of fused-ring (bicyclic) bond motifs is 1. The highest BCUT2D eigenvalue weighted by Gasteiger charge is 2.21. The molecule has 1 amide bonds. The first-order valence-electron chi connectivity index (χ1n) is 9.52. The molecule has 0 fully saturated rings. The normalized spacial score (nSPS) is 13.0. The first kappa shape index (κ1) is 21.0. The number of hydrogen-bond donors (Lipinski definition) is 1. The van der Waals surface area contributed by atoms with Crippen LogP contribution in [0.1, 0.15) is 24.0 Å². The van der Waals surface area contributed by atoms with Gasteiger partial charge in [0.05, 0.1) is 11.9 Å². The molecule has 8 heteroatoms. The number of rotatable bonds is 8. The molecule has 1 aliphatic rings. The van der Waals surface area contributed by atoms with Crippen LogP contribution in [0.15, 0.2) is 42.5 Å². The van der Waals surface area contributed by atoms with Gasteiger partial charge in [0.15, 0.2) is 11.5 Å². The Bertz CT molecular complexity index is 975. The summed E-state index contributed by atoms with van der Waals surface area (Å²) in [6, 6.07) is 13.0. The molecule has 156 valence electrons. The van der Waals surface area contributed by atoms with E-state index in [-0.39, 0.29) is 18.9 Å². The Morgan fingerprint density at radius 3 is 2.59 bits per heavy atom. The maximum Gasteiger partial charge on any atom is 0.232 e. The zero-order chi connectivity index (χ0) is 20.9. The molecule has 2 aromatic rings. The van der Waals surface area contributed by atoms with Gasteiger partial charge in [0, 0.05) is 25.6 Å². The highest BCUT2D eigenvalue weighted by molar-refractivity contribution is 7.92. The van der Waals surface area contributed by atoms with Crippen molar-refractivity contribution in [3.8, 4) is 11.5 Å². The molecule has 0 unspecified atom stereocenters. The van der Waals surface area contributed by atoms with Crippen molar-refractivity contribution in [2.45, 2.75) is 26.3 Å². The van der Waals surface area contributed by atoms with Crippen molar-refractivity contribution >= 4 is 21.6 Å². The highest BCUT2D eigenvalue weighted by atomic mass is 32.2. The van der Waals surface area contributed by atoms with E-state index >= 15 is 0 Å². The predicted molar refractivity (Wildman–Crippen MR) is 112 cm³/mol. The predicted octanol–water partition coefficient (Wildman–Crippen LogP) is 2.63. The minimum atomic E-state index is -3.50. The molecule has 0 aliphatic carbocycles. The van der Waals surface area contributed by atoms with Gasteiger partial charge in [-0.3, -0.25) is 9.10 Å². The van der Waals surface area contributed by atoms with Crippen molar-refractivity contribution in [2.24, 2.45) is 0 Å². The average molecular weight is 419 g/mol. The Kier molecular flexibility index (Phi) is 6.64. The quantitative estimate of drug-likeness (QED) is 0.712. The smallest absolute Gasteiger partial charge is 0.232 e. The van der Waals surface area contributed by atoms with Crippen LogP contribution in [0.25, 0.3) is 0 Å². The van der Waals surface area contributed by atoms with E-state index in [4.69, 9.17) is 9.47 Å². The largest absolute Gasteiger partial charge is 0.486 e. The molecule has 0 saturated carbocycles. The van der Waals surface area contributed by atoms with Gasteiger partial charge in [0.2, 0.25) is 15.9 Å². The molecular formula is C21H26N2O5S. The lowest BCUT2D eigenvalue weighted by molar-refractivity contribution is -0.121. The number of hydrogen-bond acceptors (Lipinski definition) is 5. The molecule has 1 heterocycles. The summed E-state index contributed by atoms with van der Waals surface area (Å²) in [5.74, 6) is 1.02. The van der Waals surface area contributed by atoms with Crippen molar-refractivity contribution in [1.29, 1.82) is 0 Å². The second kappa shape index (κ2) is 9.17. The molecule has 0 aromatic heterocycles. The van der Waals surface area contributed by atoms with Gasteiger partial charge in [0.1, 0.15) is 13.2 Å². The Morgan fingerprint density at radius 2 is 1.86 bits per heavy atom. The molecule has 1 N–H and O–H groups in total. The molecule has 0 radical (unpaired) electrons. The van der Waals surface area contributed by atoms with Crippen molar-refractivity contribution in [3.05, 3.63) is 53.6 Å². The van der Waals surface area contributed by atoms with Gasteiger partial charge in [-0.15, -0.1) is 0 Å². The molecule has 3 rings (SSSR count). The Hall–Kier alpha value is -2.74. The number of anilines is 1. The summed E-state index contributed by atoms with van der Waals surface area (Å²) in [4.78, 5) is 12.1. The van der Waals surface area contributed by atoms with Crippen molar-refractivity contribution in [2.75, 3.05) is 30.3 Å². The van der Waals surface area contributed by atoms with Gasteiger partial charge in [-0.2, -0.15) is 0 Å². The maximum atomic E-state index is 12.3.